The van der Waals surface area contributed by atoms with Crippen molar-refractivity contribution >= 4 is 39.3 Å². The molecule has 1 aromatic carbocycles. The van der Waals surface area contributed by atoms with E-state index in [0.29, 0.717) is 29.8 Å². The van der Waals surface area contributed by atoms with Crippen LogP contribution in [0, 0.1) is 5.82 Å². The summed E-state index contributed by atoms with van der Waals surface area (Å²) in [6.45, 7) is 0.842. The fourth-order valence-corrected chi connectivity index (χ4v) is 4.23. The van der Waals surface area contributed by atoms with Crippen LogP contribution in [0.5, 0.6) is 0 Å². The van der Waals surface area contributed by atoms with Crippen LogP contribution in [-0.4, -0.2) is 53.3 Å². The fraction of sp³-hybridized carbons (Fsp3) is 0.312. The minimum atomic E-state index is -0.392. The van der Waals surface area contributed by atoms with Gasteiger partial charge in [0, 0.05) is 17.8 Å². The minimum absolute atomic E-state index is 0.0190. The number of nitrogens with one attached hydrogen (secondary N) is 1. The van der Waals surface area contributed by atoms with E-state index < -0.39 is 6.03 Å². The molecular formula is C16H14FN3O3S. The van der Waals surface area contributed by atoms with Gasteiger partial charge in [0.15, 0.2) is 0 Å². The van der Waals surface area contributed by atoms with Crippen molar-refractivity contribution in [1.82, 2.24) is 15.1 Å². The highest BCUT2D eigenvalue weighted by atomic mass is 32.1. The zero-order chi connectivity index (χ0) is 16.8. The van der Waals surface area contributed by atoms with Crippen molar-refractivity contribution in [1.29, 1.82) is 0 Å². The van der Waals surface area contributed by atoms with Crippen LogP contribution in [0.1, 0.15) is 16.1 Å². The molecule has 2 saturated heterocycles. The first-order chi connectivity index (χ1) is 11.5. The molecule has 124 valence electrons. The standard InChI is InChI=1S/C16H14FN3O3S/c17-10-1-2-12-9(5-10)6-13(24-12)15(22)19-4-3-11(8-19)20-14(21)7-18-16(20)23/h1-2,5-6,11H,3-4,7-8H2,(H,18,23). The average molecular weight is 347 g/mol. The Labute approximate surface area is 140 Å². The SMILES string of the molecule is O=C(c1cc2cc(F)ccc2s1)N1CCC(N2C(=O)CNC2=O)C1. The summed E-state index contributed by atoms with van der Waals surface area (Å²) >= 11 is 1.32. The summed E-state index contributed by atoms with van der Waals surface area (Å²) < 4.78 is 14.1. The van der Waals surface area contributed by atoms with Gasteiger partial charge in [0.1, 0.15) is 5.82 Å². The molecule has 0 radical (unpaired) electrons. The number of hydrogen-bond acceptors (Lipinski definition) is 4. The molecule has 1 aromatic heterocycles. The molecule has 0 aliphatic carbocycles. The summed E-state index contributed by atoms with van der Waals surface area (Å²) in [5.41, 5.74) is 0. The molecule has 0 bridgehead atoms. The first-order valence-corrected chi connectivity index (χ1v) is 8.43. The van der Waals surface area contributed by atoms with Crippen molar-refractivity contribution in [2.24, 2.45) is 0 Å². The van der Waals surface area contributed by atoms with Crippen LogP contribution in [-0.2, 0) is 4.79 Å². The van der Waals surface area contributed by atoms with E-state index in [1.54, 1.807) is 17.0 Å². The van der Waals surface area contributed by atoms with Crippen LogP contribution in [0.25, 0.3) is 10.1 Å². The Morgan fingerprint density at radius 3 is 2.88 bits per heavy atom. The molecule has 2 aliphatic rings. The maximum Gasteiger partial charge on any atom is 0.324 e. The van der Waals surface area contributed by atoms with E-state index in [9.17, 15) is 18.8 Å². The molecule has 4 amide bonds. The lowest BCUT2D eigenvalue weighted by atomic mass is 10.2. The highest BCUT2D eigenvalue weighted by molar-refractivity contribution is 7.20. The third-order valence-electron chi connectivity index (χ3n) is 4.38. The molecule has 1 unspecified atom stereocenters. The Bertz CT molecular complexity index is 849. The molecular weight excluding hydrogens is 333 g/mol. The lowest BCUT2D eigenvalue weighted by Gasteiger charge is -2.21. The van der Waals surface area contributed by atoms with Crippen molar-refractivity contribution in [2.45, 2.75) is 12.5 Å². The average Bonchev–Trinajstić information content (AvgIpc) is 3.25. The van der Waals surface area contributed by atoms with Gasteiger partial charge in [-0.25, -0.2) is 9.18 Å². The zero-order valence-electron chi connectivity index (χ0n) is 12.6. The second-order valence-corrected chi connectivity index (χ2v) is 6.99. The molecule has 4 rings (SSSR count). The van der Waals surface area contributed by atoms with Gasteiger partial charge in [0.05, 0.1) is 17.5 Å². The van der Waals surface area contributed by atoms with E-state index in [-0.39, 0.29) is 30.2 Å². The van der Waals surface area contributed by atoms with E-state index in [0.717, 1.165) is 4.70 Å². The second kappa shape index (κ2) is 5.55. The molecule has 6 nitrogen and oxygen atoms in total. The van der Waals surface area contributed by atoms with E-state index in [1.807, 2.05) is 0 Å². The number of fused-ring (bicyclic) bond motifs is 1. The number of halogens is 1. The Morgan fingerprint density at radius 1 is 1.29 bits per heavy atom. The second-order valence-electron chi connectivity index (χ2n) is 5.91. The number of hydrogen-bond donors (Lipinski definition) is 1. The number of carbonyl (C=O) groups is 3. The highest BCUT2D eigenvalue weighted by Gasteiger charge is 2.39. The number of urea groups is 1. The normalized spacial score (nSPS) is 21.0. The maximum atomic E-state index is 13.3. The van der Waals surface area contributed by atoms with Crippen LogP contribution in [0.3, 0.4) is 0 Å². The molecule has 1 N–H and O–H groups in total. The summed E-state index contributed by atoms with van der Waals surface area (Å²) in [5.74, 6) is -0.734. The Kier molecular flexibility index (Phi) is 3.49. The van der Waals surface area contributed by atoms with Gasteiger partial charge < -0.3 is 10.2 Å². The van der Waals surface area contributed by atoms with Gasteiger partial charge in [0.25, 0.3) is 5.91 Å². The highest BCUT2D eigenvalue weighted by Crippen LogP contribution is 2.29. The third kappa shape index (κ3) is 2.43. The lowest BCUT2D eigenvalue weighted by Crippen LogP contribution is -2.42. The van der Waals surface area contributed by atoms with Crippen molar-refractivity contribution in [2.75, 3.05) is 19.6 Å². The van der Waals surface area contributed by atoms with E-state index in [4.69, 9.17) is 0 Å². The quantitative estimate of drug-likeness (QED) is 0.843. The minimum Gasteiger partial charge on any atom is -0.336 e. The lowest BCUT2D eigenvalue weighted by molar-refractivity contribution is -0.126. The molecule has 24 heavy (non-hydrogen) atoms. The van der Waals surface area contributed by atoms with Crippen LogP contribution >= 0.6 is 11.3 Å². The van der Waals surface area contributed by atoms with Crippen LogP contribution < -0.4 is 5.32 Å². The first-order valence-electron chi connectivity index (χ1n) is 7.61. The number of nitrogens with zero attached hydrogens (tertiary/aromatic N) is 2. The molecule has 2 fully saturated rings. The van der Waals surface area contributed by atoms with Crippen molar-refractivity contribution in [3.63, 3.8) is 0 Å². The largest absolute Gasteiger partial charge is 0.336 e. The monoisotopic (exact) mass is 347 g/mol. The molecule has 1 atom stereocenters. The zero-order valence-corrected chi connectivity index (χ0v) is 13.4. The topological polar surface area (TPSA) is 69.7 Å². The smallest absolute Gasteiger partial charge is 0.324 e. The summed E-state index contributed by atoms with van der Waals surface area (Å²) in [7, 11) is 0. The number of benzene rings is 1. The van der Waals surface area contributed by atoms with Gasteiger partial charge in [-0.1, -0.05) is 0 Å². The van der Waals surface area contributed by atoms with E-state index >= 15 is 0 Å². The Morgan fingerprint density at radius 2 is 2.12 bits per heavy atom. The van der Waals surface area contributed by atoms with Gasteiger partial charge in [-0.15, -0.1) is 11.3 Å². The molecule has 2 aliphatic heterocycles. The van der Waals surface area contributed by atoms with Gasteiger partial charge >= 0.3 is 6.03 Å². The fourth-order valence-electron chi connectivity index (χ4n) is 3.22. The van der Waals surface area contributed by atoms with Gasteiger partial charge in [-0.3, -0.25) is 14.5 Å². The number of imide groups is 1. The Hall–Kier alpha value is -2.48. The number of thiophene rings is 1. The van der Waals surface area contributed by atoms with E-state index in [1.165, 1.54) is 28.4 Å². The van der Waals surface area contributed by atoms with Crippen molar-refractivity contribution < 1.29 is 18.8 Å². The van der Waals surface area contributed by atoms with Crippen LogP contribution in [0.4, 0.5) is 9.18 Å². The first kappa shape index (κ1) is 15.1. The number of rotatable bonds is 2. The third-order valence-corrected chi connectivity index (χ3v) is 5.49. The summed E-state index contributed by atoms with van der Waals surface area (Å²) in [6.07, 6.45) is 0.574. The van der Waals surface area contributed by atoms with Gasteiger partial charge in [-0.2, -0.15) is 0 Å². The van der Waals surface area contributed by atoms with Crippen molar-refractivity contribution in [3.05, 3.63) is 35.0 Å². The molecule has 8 heteroatoms. The van der Waals surface area contributed by atoms with Crippen LogP contribution in [0.2, 0.25) is 0 Å². The van der Waals surface area contributed by atoms with Gasteiger partial charge in [-0.05, 0) is 36.1 Å². The van der Waals surface area contributed by atoms with E-state index in [2.05, 4.69) is 5.32 Å². The summed E-state index contributed by atoms with van der Waals surface area (Å²) in [4.78, 5) is 39.6. The maximum absolute atomic E-state index is 13.3. The molecule has 2 aromatic rings. The predicted octanol–water partition coefficient (Wildman–Crippen LogP) is 1.81. The Balaban J connectivity index is 1.52. The summed E-state index contributed by atoms with van der Waals surface area (Å²) in [5, 5.41) is 3.20. The molecule has 0 spiro atoms. The summed E-state index contributed by atoms with van der Waals surface area (Å²) in [6, 6.07) is 5.45. The number of carbonyl (C=O) groups excluding carboxylic acids is 3. The van der Waals surface area contributed by atoms with Crippen molar-refractivity contribution in [3.8, 4) is 0 Å². The van der Waals surface area contributed by atoms with Crippen LogP contribution in [0.15, 0.2) is 24.3 Å². The predicted molar refractivity (Wildman–Crippen MR) is 86.3 cm³/mol. The van der Waals surface area contributed by atoms with Gasteiger partial charge in [0.2, 0.25) is 5.91 Å². The molecule has 3 heterocycles. The number of amides is 4. The number of likely N-dealkylation sites (tertiary alicyclic amines) is 1. The molecule has 0 saturated carbocycles.